The van der Waals surface area contributed by atoms with Crippen molar-refractivity contribution in [2.45, 2.75) is 25.4 Å². The van der Waals surface area contributed by atoms with E-state index in [2.05, 4.69) is 15.6 Å². The van der Waals surface area contributed by atoms with Crippen LogP contribution in [-0.2, 0) is 28.1 Å². The molecule has 0 saturated heterocycles. The maximum Gasteiger partial charge on any atom is 0.488 e. The highest BCUT2D eigenvalue weighted by Crippen LogP contribution is 2.23. The molecule has 8 heteroatoms. The molecule has 1 unspecified atom stereocenters. The van der Waals surface area contributed by atoms with Crippen molar-refractivity contribution >= 4 is 22.3 Å². The third-order valence-corrected chi connectivity index (χ3v) is 4.26. The lowest BCUT2D eigenvalue weighted by atomic mass is 9.90. The molecule has 0 aliphatic heterocycles. The summed E-state index contributed by atoms with van der Waals surface area (Å²) in [4.78, 5) is 12.0. The van der Waals surface area contributed by atoms with E-state index in [1.54, 1.807) is 0 Å². The number of halogens is 1. The summed E-state index contributed by atoms with van der Waals surface area (Å²) in [7, 11) is -5.07. The van der Waals surface area contributed by atoms with Crippen LogP contribution in [0.5, 0.6) is 5.75 Å². The van der Waals surface area contributed by atoms with Crippen LogP contribution in [0, 0.1) is 0 Å². The molecule has 25 heavy (non-hydrogen) atoms. The molecule has 1 amide bonds. The van der Waals surface area contributed by atoms with Crippen LogP contribution in [0.3, 0.4) is 0 Å². The third-order valence-electron chi connectivity index (χ3n) is 3.87. The van der Waals surface area contributed by atoms with Gasteiger partial charge in [-0.05, 0) is 48.2 Å². The Morgan fingerprint density at radius 3 is 2.44 bits per heavy atom. The molecule has 0 aromatic heterocycles. The van der Waals surface area contributed by atoms with Crippen molar-refractivity contribution in [3.63, 3.8) is 0 Å². The molecule has 2 aromatic rings. The van der Waals surface area contributed by atoms with Gasteiger partial charge >= 0.3 is 16.6 Å². The molecule has 2 aromatic carbocycles. The van der Waals surface area contributed by atoms with Crippen LogP contribution < -0.4 is 9.50 Å². The minimum atomic E-state index is -5.07. The van der Waals surface area contributed by atoms with Crippen molar-refractivity contribution in [3.05, 3.63) is 59.7 Å². The summed E-state index contributed by atoms with van der Waals surface area (Å²) in [5.41, 5.74) is 2.84. The van der Waals surface area contributed by atoms with Gasteiger partial charge in [0.25, 0.3) is 0 Å². The van der Waals surface area contributed by atoms with E-state index in [-0.39, 0.29) is 11.9 Å². The molecule has 1 atom stereocenters. The first-order chi connectivity index (χ1) is 11.9. The molecule has 6 nitrogen and oxygen atoms in total. The van der Waals surface area contributed by atoms with Crippen molar-refractivity contribution in [3.8, 4) is 5.75 Å². The third kappa shape index (κ3) is 4.93. The monoisotopic (exact) mass is 365 g/mol. The van der Waals surface area contributed by atoms with Gasteiger partial charge in [-0.25, -0.2) is 4.79 Å². The predicted octanol–water partition coefficient (Wildman–Crippen LogP) is 3.39. The van der Waals surface area contributed by atoms with Gasteiger partial charge in [0, 0.05) is 12.1 Å². The number of nitrogens with one attached hydrogen (secondary N) is 1. The van der Waals surface area contributed by atoms with Crippen LogP contribution in [0.15, 0.2) is 48.5 Å². The second-order valence-electron chi connectivity index (χ2n) is 5.66. The molecule has 0 heterocycles. The lowest BCUT2D eigenvalue weighted by Gasteiger charge is -2.24. The number of fused-ring (bicyclic) bond motifs is 1. The maximum atomic E-state index is 12.4. The number of rotatable bonds is 4. The SMILES string of the molecule is O=C(Nc1ccc(OS(=O)(=O)F)cc1)OC1CCc2ccccc2C1. The van der Waals surface area contributed by atoms with Gasteiger partial charge in [-0.1, -0.05) is 28.2 Å². The van der Waals surface area contributed by atoms with E-state index in [1.165, 1.54) is 35.4 Å². The molecule has 3 rings (SSSR count). The van der Waals surface area contributed by atoms with E-state index in [4.69, 9.17) is 4.74 Å². The van der Waals surface area contributed by atoms with Crippen molar-refractivity contribution in [2.75, 3.05) is 5.32 Å². The minimum Gasteiger partial charge on any atom is -0.446 e. The number of anilines is 1. The van der Waals surface area contributed by atoms with Crippen LogP contribution in [0.2, 0.25) is 0 Å². The number of carbonyl (C=O) groups is 1. The summed E-state index contributed by atoms with van der Waals surface area (Å²) in [5, 5.41) is 2.54. The summed E-state index contributed by atoms with van der Waals surface area (Å²) in [6, 6.07) is 13.3. The molecule has 0 radical (unpaired) electrons. The average Bonchev–Trinajstić information content (AvgIpc) is 2.55. The summed E-state index contributed by atoms with van der Waals surface area (Å²) in [6.07, 6.45) is 1.49. The number of ether oxygens (including phenoxy) is 1. The van der Waals surface area contributed by atoms with Gasteiger partial charge in [-0.3, -0.25) is 5.32 Å². The standard InChI is InChI=1S/C17H16FNO5S/c18-25(21,22)24-15-9-6-14(7-10-15)19-17(20)23-16-8-5-12-3-1-2-4-13(12)11-16/h1-4,6-7,9-10,16H,5,8,11H2,(H,19,20). The van der Waals surface area contributed by atoms with Crippen LogP contribution in [-0.4, -0.2) is 20.6 Å². The van der Waals surface area contributed by atoms with Gasteiger partial charge in [0.15, 0.2) is 0 Å². The predicted molar refractivity (Wildman–Crippen MR) is 89.5 cm³/mol. The normalized spacial score (nSPS) is 16.6. The molecule has 132 valence electrons. The Morgan fingerprint density at radius 1 is 1.08 bits per heavy atom. The van der Waals surface area contributed by atoms with Crippen LogP contribution in [0.25, 0.3) is 0 Å². The molecular formula is C17H16FNO5S. The van der Waals surface area contributed by atoms with Crippen LogP contribution >= 0.6 is 0 Å². The van der Waals surface area contributed by atoms with E-state index in [0.717, 1.165) is 12.8 Å². The molecule has 0 spiro atoms. The zero-order chi connectivity index (χ0) is 17.9. The number of carbonyl (C=O) groups excluding carboxylic acids is 1. The molecule has 0 fully saturated rings. The van der Waals surface area contributed by atoms with Crippen molar-refractivity contribution in [1.29, 1.82) is 0 Å². The fraction of sp³-hybridized carbons (Fsp3) is 0.235. The highest BCUT2D eigenvalue weighted by Gasteiger charge is 2.21. The van der Waals surface area contributed by atoms with E-state index < -0.39 is 16.6 Å². The highest BCUT2D eigenvalue weighted by molar-refractivity contribution is 7.81. The molecule has 1 N–H and O–H groups in total. The van der Waals surface area contributed by atoms with Gasteiger partial charge in [0.05, 0.1) is 0 Å². The minimum absolute atomic E-state index is 0.190. The number of hydrogen-bond acceptors (Lipinski definition) is 5. The van der Waals surface area contributed by atoms with Gasteiger partial charge in [-0.2, -0.15) is 8.42 Å². The fourth-order valence-corrected chi connectivity index (χ4v) is 3.11. The van der Waals surface area contributed by atoms with E-state index in [0.29, 0.717) is 12.1 Å². The zero-order valence-corrected chi connectivity index (χ0v) is 14.0. The number of hydrogen-bond donors (Lipinski definition) is 1. The summed E-state index contributed by atoms with van der Waals surface area (Å²) >= 11 is 0. The lowest BCUT2D eigenvalue weighted by Crippen LogP contribution is -2.27. The topological polar surface area (TPSA) is 81.7 Å². The fourth-order valence-electron chi connectivity index (χ4n) is 2.77. The average molecular weight is 365 g/mol. The van der Waals surface area contributed by atoms with E-state index in [1.807, 2.05) is 18.2 Å². The summed E-state index contributed by atoms with van der Waals surface area (Å²) in [5.74, 6) is -0.190. The van der Waals surface area contributed by atoms with E-state index in [9.17, 15) is 17.1 Å². The maximum absolute atomic E-state index is 12.4. The Labute approximate surface area is 145 Å². The summed E-state index contributed by atoms with van der Waals surface area (Å²) in [6.45, 7) is 0. The lowest BCUT2D eigenvalue weighted by molar-refractivity contribution is 0.102. The first kappa shape index (κ1) is 17.2. The number of benzene rings is 2. The number of amides is 1. The molecule has 0 saturated carbocycles. The second-order valence-corrected chi connectivity index (χ2v) is 6.62. The van der Waals surface area contributed by atoms with Gasteiger partial charge in [0.1, 0.15) is 11.9 Å². The first-order valence-electron chi connectivity index (χ1n) is 7.67. The molecule has 0 bridgehead atoms. The van der Waals surface area contributed by atoms with E-state index >= 15 is 0 Å². The van der Waals surface area contributed by atoms with Gasteiger partial charge in [-0.15, -0.1) is 0 Å². The Hall–Kier alpha value is -2.61. The van der Waals surface area contributed by atoms with Crippen molar-refractivity contribution < 1.29 is 26.0 Å². The molecule has 1 aliphatic carbocycles. The first-order valence-corrected chi connectivity index (χ1v) is 8.98. The number of aryl methyl sites for hydroxylation is 1. The Balaban J connectivity index is 1.55. The van der Waals surface area contributed by atoms with Gasteiger partial charge in [0.2, 0.25) is 0 Å². The zero-order valence-electron chi connectivity index (χ0n) is 13.1. The Kier molecular flexibility index (Phi) is 4.89. The van der Waals surface area contributed by atoms with Gasteiger partial charge < -0.3 is 8.92 Å². The molecular weight excluding hydrogens is 349 g/mol. The smallest absolute Gasteiger partial charge is 0.446 e. The Morgan fingerprint density at radius 2 is 1.76 bits per heavy atom. The summed E-state index contributed by atoms with van der Waals surface area (Å²) < 4.78 is 42.7. The van der Waals surface area contributed by atoms with Crippen molar-refractivity contribution in [2.24, 2.45) is 0 Å². The second kappa shape index (κ2) is 7.10. The van der Waals surface area contributed by atoms with Crippen LogP contribution in [0.1, 0.15) is 17.5 Å². The largest absolute Gasteiger partial charge is 0.488 e. The Bertz CT molecular complexity index is 867. The molecule has 1 aliphatic rings. The van der Waals surface area contributed by atoms with Crippen LogP contribution in [0.4, 0.5) is 14.4 Å². The highest BCUT2D eigenvalue weighted by atomic mass is 32.3. The van der Waals surface area contributed by atoms with Crippen molar-refractivity contribution in [1.82, 2.24) is 0 Å². The quantitative estimate of drug-likeness (QED) is 0.840.